The summed E-state index contributed by atoms with van der Waals surface area (Å²) in [6.07, 6.45) is 0. The molecule has 0 heterocycles. The van der Waals surface area contributed by atoms with Gasteiger partial charge in [0, 0.05) is 26.3 Å². The van der Waals surface area contributed by atoms with Crippen LogP contribution >= 0.6 is 0 Å². The molecule has 106 valence electrons. The van der Waals surface area contributed by atoms with E-state index < -0.39 is 4.92 Å². The van der Waals surface area contributed by atoms with Crippen molar-refractivity contribution in [2.45, 2.75) is 6.61 Å². The second-order valence-electron chi connectivity index (χ2n) is 3.94. The minimum Gasteiger partial charge on any atom is -0.395 e. The van der Waals surface area contributed by atoms with E-state index in [-0.39, 0.29) is 25.4 Å². The molecule has 7 heteroatoms. The smallest absolute Gasteiger partial charge is 0.292 e. The second kappa shape index (κ2) is 7.67. The lowest BCUT2D eigenvalue weighted by Crippen LogP contribution is -2.30. The maximum Gasteiger partial charge on any atom is 0.292 e. The van der Waals surface area contributed by atoms with Crippen LogP contribution in [0.5, 0.6) is 0 Å². The number of benzene rings is 1. The van der Waals surface area contributed by atoms with Crippen molar-refractivity contribution in [1.29, 1.82) is 0 Å². The summed E-state index contributed by atoms with van der Waals surface area (Å²) < 4.78 is 4.95. The van der Waals surface area contributed by atoms with Crippen LogP contribution in [-0.2, 0) is 11.3 Å². The van der Waals surface area contributed by atoms with Crippen molar-refractivity contribution in [3.8, 4) is 0 Å². The number of nitrogens with zero attached hydrogens (tertiary/aromatic N) is 2. The zero-order chi connectivity index (χ0) is 14.3. The summed E-state index contributed by atoms with van der Waals surface area (Å²) in [7, 11) is 1.54. The third kappa shape index (κ3) is 4.16. The van der Waals surface area contributed by atoms with E-state index in [0.717, 1.165) is 0 Å². The molecular weight excluding hydrogens is 252 g/mol. The number of methoxy groups -OCH3 is 1. The highest BCUT2D eigenvalue weighted by molar-refractivity contribution is 5.64. The molecule has 2 N–H and O–H groups in total. The quantitative estimate of drug-likeness (QED) is 0.528. The van der Waals surface area contributed by atoms with Gasteiger partial charge in [-0.2, -0.15) is 0 Å². The Kier molecular flexibility index (Phi) is 6.20. The molecule has 0 bridgehead atoms. The van der Waals surface area contributed by atoms with Crippen molar-refractivity contribution in [3.05, 3.63) is 33.9 Å². The van der Waals surface area contributed by atoms with Crippen LogP contribution in [0.3, 0.4) is 0 Å². The van der Waals surface area contributed by atoms with Gasteiger partial charge in [0.15, 0.2) is 0 Å². The number of nitro groups is 1. The number of hydrogen-bond acceptors (Lipinski definition) is 6. The summed E-state index contributed by atoms with van der Waals surface area (Å²) in [5, 5.41) is 29.1. The molecule has 7 nitrogen and oxygen atoms in total. The van der Waals surface area contributed by atoms with Gasteiger partial charge in [-0.05, 0) is 11.6 Å². The van der Waals surface area contributed by atoms with Gasteiger partial charge in [0.05, 0.1) is 24.7 Å². The summed E-state index contributed by atoms with van der Waals surface area (Å²) in [6, 6.07) is 4.54. The van der Waals surface area contributed by atoms with Crippen LogP contribution in [-0.4, -0.2) is 48.5 Å². The molecule has 0 radical (unpaired) electrons. The maximum absolute atomic E-state index is 11.1. The molecule has 1 rings (SSSR count). The molecule has 0 saturated heterocycles. The highest BCUT2D eigenvalue weighted by Gasteiger charge is 2.19. The minimum atomic E-state index is -0.494. The SMILES string of the molecule is COCCN(CCO)c1ccc(CO)cc1[N+](=O)[O-]. The Balaban J connectivity index is 3.09. The van der Waals surface area contributed by atoms with Gasteiger partial charge < -0.3 is 19.8 Å². The molecule has 0 saturated carbocycles. The predicted octanol–water partition coefficient (Wildman–Crippen LogP) is 0.532. The molecule has 0 aliphatic carbocycles. The fraction of sp³-hybridized carbons (Fsp3) is 0.500. The molecule has 0 atom stereocenters. The number of aliphatic hydroxyl groups is 2. The molecule has 0 aromatic heterocycles. The third-order valence-corrected chi connectivity index (χ3v) is 2.70. The summed E-state index contributed by atoms with van der Waals surface area (Å²) in [6.45, 7) is 0.764. The third-order valence-electron chi connectivity index (χ3n) is 2.70. The van der Waals surface area contributed by atoms with Gasteiger partial charge in [-0.15, -0.1) is 0 Å². The average Bonchev–Trinajstić information content (AvgIpc) is 2.42. The number of ether oxygens (including phenoxy) is 1. The fourth-order valence-electron chi connectivity index (χ4n) is 1.76. The van der Waals surface area contributed by atoms with E-state index in [4.69, 9.17) is 14.9 Å². The van der Waals surface area contributed by atoms with E-state index in [1.54, 1.807) is 24.1 Å². The molecule has 0 unspecified atom stereocenters. The van der Waals surface area contributed by atoms with Gasteiger partial charge in [0.1, 0.15) is 5.69 Å². The Hall–Kier alpha value is -1.70. The molecule has 19 heavy (non-hydrogen) atoms. The number of anilines is 1. The highest BCUT2D eigenvalue weighted by Crippen LogP contribution is 2.29. The zero-order valence-electron chi connectivity index (χ0n) is 10.8. The van der Waals surface area contributed by atoms with Crippen LogP contribution in [0.4, 0.5) is 11.4 Å². The summed E-state index contributed by atoms with van der Waals surface area (Å²) in [5.74, 6) is 0. The van der Waals surface area contributed by atoms with E-state index in [0.29, 0.717) is 24.4 Å². The Bertz CT molecular complexity index is 425. The first-order valence-electron chi connectivity index (χ1n) is 5.87. The largest absolute Gasteiger partial charge is 0.395 e. The first-order chi connectivity index (χ1) is 9.13. The van der Waals surface area contributed by atoms with Crippen molar-refractivity contribution in [3.63, 3.8) is 0 Å². The van der Waals surface area contributed by atoms with Crippen molar-refractivity contribution in [2.75, 3.05) is 38.3 Å². The molecule has 0 spiro atoms. The van der Waals surface area contributed by atoms with Gasteiger partial charge >= 0.3 is 0 Å². The van der Waals surface area contributed by atoms with Crippen LogP contribution in [0.25, 0.3) is 0 Å². The van der Waals surface area contributed by atoms with Gasteiger partial charge in [-0.3, -0.25) is 10.1 Å². The van der Waals surface area contributed by atoms with Crippen molar-refractivity contribution < 1.29 is 19.9 Å². The monoisotopic (exact) mass is 270 g/mol. The summed E-state index contributed by atoms with van der Waals surface area (Å²) >= 11 is 0. The minimum absolute atomic E-state index is 0.0869. The predicted molar refractivity (Wildman–Crippen MR) is 70.2 cm³/mol. The second-order valence-corrected chi connectivity index (χ2v) is 3.94. The van der Waals surface area contributed by atoms with Crippen LogP contribution in [0.2, 0.25) is 0 Å². The van der Waals surface area contributed by atoms with Crippen LogP contribution in [0.15, 0.2) is 18.2 Å². The molecule has 0 amide bonds. The van der Waals surface area contributed by atoms with Crippen molar-refractivity contribution in [2.24, 2.45) is 0 Å². The number of aliphatic hydroxyl groups excluding tert-OH is 2. The van der Waals surface area contributed by atoms with Gasteiger partial charge in [-0.25, -0.2) is 0 Å². The molecule has 0 aliphatic rings. The Morgan fingerprint density at radius 2 is 2.11 bits per heavy atom. The molecule has 0 fully saturated rings. The Morgan fingerprint density at radius 1 is 1.37 bits per heavy atom. The van der Waals surface area contributed by atoms with E-state index >= 15 is 0 Å². The van der Waals surface area contributed by atoms with Gasteiger partial charge in [-0.1, -0.05) is 6.07 Å². The lowest BCUT2D eigenvalue weighted by molar-refractivity contribution is -0.384. The Morgan fingerprint density at radius 3 is 2.63 bits per heavy atom. The lowest BCUT2D eigenvalue weighted by Gasteiger charge is -2.23. The van der Waals surface area contributed by atoms with E-state index in [9.17, 15) is 10.1 Å². The van der Waals surface area contributed by atoms with Crippen LogP contribution < -0.4 is 4.90 Å². The van der Waals surface area contributed by atoms with Gasteiger partial charge in [0.25, 0.3) is 5.69 Å². The summed E-state index contributed by atoms with van der Waals surface area (Å²) in [4.78, 5) is 12.3. The number of hydrogen-bond donors (Lipinski definition) is 2. The average molecular weight is 270 g/mol. The van der Waals surface area contributed by atoms with E-state index in [1.165, 1.54) is 6.07 Å². The number of nitro benzene ring substituents is 1. The molecular formula is C12H18N2O5. The topological polar surface area (TPSA) is 96.1 Å². The lowest BCUT2D eigenvalue weighted by atomic mass is 10.1. The highest BCUT2D eigenvalue weighted by atomic mass is 16.6. The van der Waals surface area contributed by atoms with E-state index in [2.05, 4.69) is 0 Å². The standard InChI is InChI=1S/C12H18N2O5/c1-19-7-5-13(4-6-15)11-3-2-10(9-16)8-12(11)14(17)18/h2-3,8,15-16H,4-7,9H2,1H3. The molecule has 1 aromatic carbocycles. The summed E-state index contributed by atoms with van der Waals surface area (Å²) in [5.41, 5.74) is 0.801. The normalized spacial score (nSPS) is 10.5. The number of rotatable bonds is 8. The molecule has 0 aliphatic heterocycles. The van der Waals surface area contributed by atoms with Crippen LogP contribution in [0.1, 0.15) is 5.56 Å². The Labute approximate surface area is 111 Å². The van der Waals surface area contributed by atoms with Gasteiger partial charge in [0.2, 0.25) is 0 Å². The molecule has 1 aromatic rings. The van der Waals surface area contributed by atoms with E-state index in [1.807, 2.05) is 0 Å². The van der Waals surface area contributed by atoms with Crippen LogP contribution in [0, 0.1) is 10.1 Å². The van der Waals surface area contributed by atoms with Crippen molar-refractivity contribution >= 4 is 11.4 Å². The zero-order valence-corrected chi connectivity index (χ0v) is 10.8. The fourth-order valence-corrected chi connectivity index (χ4v) is 1.76. The first kappa shape index (κ1) is 15.4. The first-order valence-corrected chi connectivity index (χ1v) is 5.87. The maximum atomic E-state index is 11.1. The van der Waals surface area contributed by atoms with Crippen molar-refractivity contribution in [1.82, 2.24) is 0 Å².